The fraction of sp³-hybridized carbons (Fsp3) is 0.375. The van der Waals surface area contributed by atoms with Gasteiger partial charge in [0, 0.05) is 30.5 Å². The molecule has 5 heteroatoms. The van der Waals surface area contributed by atoms with E-state index in [0.717, 1.165) is 18.8 Å². The molecule has 1 aromatic carbocycles. The maximum Gasteiger partial charge on any atom is 0.294 e. The Morgan fingerprint density at radius 3 is 2.52 bits per heavy atom. The van der Waals surface area contributed by atoms with Crippen LogP contribution < -0.4 is 10.2 Å². The van der Waals surface area contributed by atoms with E-state index >= 15 is 0 Å². The number of benzene rings is 1. The lowest BCUT2D eigenvalue weighted by molar-refractivity contribution is 0.0988. The summed E-state index contributed by atoms with van der Waals surface area (Å²) in [5.41, 5.74) is 2.67. The van der Waals surface area contributed by atoms with Gasteiger partial charge in [-0.1, -0.05) is 5.16 Å². The number of piperidine rings is 1. The summed E-state index contributed by atoms with van der Waals surface area (Å²) in [5, 5.41) is 6.52. The van der Waals surface area contributed by atoms with Crippen LogP contribution in [0.3, 0.4) is 0 Å². The molecular weight excluding hydrogens is 266 g/mol. The van der Waals surface area contributed by atoms with E-state index in [9.17, 15) is 4.79 Å². The molecule has 1 amide bonds. The van der Waals surface area contributed by atoms with Crippen molar-refractivity contribution >= 4 is 17.3 Å². The van der Waals surface area contributed by atoms with Crippen LogP contribution in [0.5, 0.6) is 0 Å². The van der Waals surface area contributed by atoms with Crippen LogP contribution in [0.1, 0.15) is 35.5 Å². The highest BCUT2D eigenvalue weighted by Crippen LogP contribution is 2.22. The second-order valence-electron chi connectivity index (χ2n) is 5.38. The van der Waals surface area contributed by atoms with Crippen LogP contribution in [0.4, 0.5) is 11.4 Å². The van der Waals surface area contributed by atoms with Crippen LogP contribution in [0, 0.1) is 6.92 Å². The molecule has 3 rings (SSSR count). The largest absolute Gasteiger partial charge is 0.372 e. The zero-order valence-corrected chi connectivity index (χ0v) is 12.1. The van der Waals surface area contributed by atoms with Crippen molar-refractivity contribution in [2.45, 2.75) is 26.2 Å². The number of carbonyl (C=O) groups excluding carboxylic acids is 1. The third-order valence-electron chi connectivity index (χ3n) is 3.70. The first-order valence-corrected chi connectivity index (χ1v) is 7.32. The highest BCUT2D eigenvalue weighted by Gasteiger charge is 2.13. The zero-order valence-electron chi connectivity index (χ0n) is 12.1. The van der Waals surface area contributed by atoms with Gasteiger partial charge in [-0.25, -0.2) is 0 Å². The molecule has 0 atom stereocenters. The standard InChI is InChI=1S/C16H19N3O2/c1-12-11-15(21-18-12)16(20)17-13-5-7-14(8-6-13)19-9-3-2-4-10-19/h5-8,11H,2-4,9-10H2,1H3,(H,17,20). The van der Waals surface area contributed by atoms with Crippen molar-refractivity contribution in [1.82, 2.24) is 5.16 Å². The van der Waals surface area contributed by atoms with Gasteiger partial charge in [0.15, 0.2) is 0 Å². The first-order valence-electron chi connectivity index (χ1n) is 7.32. The van der Waals surface area contributed by atoms with Crippen molar-refractivity contribution in [1.29, 1.82) is 0 Å². The third kappa shape index (κ3) is 3.24. The molecule has 110 valence electrons. The number of nitrogens with zero attached hydrogens (tertiary/aromatic N) is 2. The van der Waals surface area contributed by atoms with E-state index in [1.54, 1.807) is 13.0 Å². The summed E-state index contributed by atoms with van der Waals surface area (Å²) >= 11 is 0. The van der Waals surface area contributed by atoms with Crippen molar-refractivity contribution < 1.29 is 9.32 Å². The number of carbonyl (C=O) groups is 1. The molecule has 1 fully saturated rings. The van der Waals surface area contributed by atoms with Gasteiger partial charge in [-0.05, 0) is 50.5 Å². The molecule has 1 saturated heterocycles. The van der Waals surface area contributed by atoms with Gasteiger partial charge in [0.2, 0.25) is 5.76 Å². The number of aryl methyl sites for hydroxylation is 1. The number of hydrogen-bond donors (Lipinski definition) is 1. The second-order valence-corrected chi connectivity index (χ2v) is 5.38. The molecular formula is C16H19N3O2. The predicted molar refractivity (Wildman–Crippen MR) is 81.7 cm³/mol. The molecule has 0 unspecified atom stereocenters. The van der Waals surface area contributed by atoms with Crippen LogP contribution in [0.15, 0.2) is 34.9 Å². The van der Waals surface area contributed by atoms with Gasteiger partial charge in [0.25, 0.3) is 5.91 Å². The maximum absolute atomic E-state index is 12.0. The van der Waals surface area contributed by atoms with Crippen LogP contribution in [-0.4, -0.2) is 24.2 Å². The van der Waals surface area contributed by atoms with Crippen LogP contribution in [0.2, 0.25) is 0 Å². The van der Waals surface area contributed by atoms with E-state index in [0.29, 0.717) is 5.69 Å². The highest BCUT2D eigenvalue weighted by molar-refractivity contribution is 6.02. The van der Waals surface area contributed by atoms with E-state index in [4.69, 9.17) is 4.52 Å². The number of nitrogens with one attached hydrogen (secondary N) is 1. The molecule has 0 saturated carbocycles. The number of anilines is 2. The topological polar surface area (TPSA) is 58.4 Å². The van der Waals surface area contributed by atoms with Gasteiger partial charge in [0.1, 0.15) is 0 Å². The van der Waals surface area contributed by atoms with Crippen molar-refractivity contribution in [3.05, 3.63) is 41.8 Å². The second kappa shape index (κ2) is 5.99. The molecule has 2 heterocycles. The predicted octanol–water partition coefficient (Wildman–Crippen LogP) is 3.23. The van der Waals surface area contributed by atoms with E-state index in [2.05, 4.69) is 15.4 Å². The zero-order chi connectivity index (χ0) is 14.7. The fourth-order valence-electron chi connectivity index (χ4n) is 2.57. The van der Waals surface area contributed by atoms with Crippen LogP contribution in [0.25, 0.3) is 0 Å². The van der Waals surface area contributed by atoms with Gasteiger partial charge in [-0.2, -0.15) is 0 Å². The van der Waals surface area contributed by atoms with Crippen molar-refractivity contribution in [3.63, 3.8) is 0 Å². The number of aromatic nitrogens is 1. The van der Waals surface area contributed by atoms with Crippen LogP contribution >= 0.6 is 0 Å². The normalized spacial score (nSPS) is 15.0. The Balaban J connectivity index is 1.65. The summed E-state index contributed by atoms with van der Waals surface area (Å²) in [6.45, 7) is 4.01. The quantitative estimate of drug-likeness (QED) is 0.940. The third-order valence-corrected chi connectivity index (χ3v) is 3.70. The van der Waals surface area contributed by atoms with E-state index in [1.165, 1.54) is 24.9 Å². The minimum Gasteiger partial charge on any atom is -0.372 e. The molecule has 2 aromatic rings. The minimum atomic E-state index is -0.277. The first-order chi connectivity index (χ1) is 10.2. The molecule has 21 heavy (non-hydrogen) atoms. The molecule has 0 bridgehead atoms. The number of amides is 1. The number of rotatable bonds is 3. The maximum atomic E-state index is 12.0. The van der Waals surface area contributed by atoms with E-state index < -0.39 is 0 Å². The molecule has 1 N–H and O–H groups in total. The molecule has 0 spiro atoms. The van der Waals surface area contributed by atoms with Crippen molar-refractivity contribution in [2.24, 2.45) is 0 Å². The Kier molecular flexibility index (Phi) is 3.90. The molecule has 0 aliphatic carbocycles. The first kappa shape index (κ1) is 13.7. The Morgan fingerprint density at radius 1 is 1.19 bits per heavy atom. The summed E-state index contributed by atoms with van der Waals surface area (Å²) in [5.74, 6) is -0.0473. The lowest BCUT2D eigenvalue weighted by Crippen LogP contribution is -2.29. The molecule has 1 aliphatic heterocycles. The van der Waals surface area contributed by atoms with Gasteiger partial charge in [-0.15, -0.1) is 0 Å². The summed E-state index contributed by atoms with van der Waals surface area (Å²) < 4.78 is 4.95. The molecule has 1 aliphatic rings. The minimum absolute atomic E-state index is 0.229. The Bertz CT molecular complexity index is 613. The van der Waals surface area contributed by atoms with Gasteiger partial charge in [0.05, 0.1) is 5.69 Å². The Morgan fingerprint density at radius 2 is 1.90 bits per heavy atom. The summed E-state index contributed by atoms with van der Waals surface area (Å²) in [4.78, 5) is 14.3. The Labute approximate surface area is 123 Å². The highest BCUT2D eigenvalue weighted by atomic mass is 16.5. The smallest absolute Gasteiger partial charge is 0.294 e. The number of hydrogen-bond acceptors (Lipinski definition) is 4. The monoisotopic (exact) mass is 285 g/mol. The lowest BCUT2D eigenvalue weighted by Gasteiger charge is -2.28. The van der Waals surface area contributed by atoms with Crippen molar-refractivity contribution in [2.75, 3.05) is 23.3 Å². The molecule has 0 radical (unpaired) electrons. The SMILES string of the molecule is Cc1cc(C(=O)Nc2ccc(N3CCCCC3)cc2)on1. The lowest BCUT2D eigenvalue weighted by atomic mass is 10.1. The average Bonchev–Trinajstić information content (AvgIpc) is 2.96. The van der Waals surface area contributed by atoms with Gasteiger partial charge >= 0.3 is 0 Å². The van der Waals surface area contributed by atoms with Crippen molar-refractivity contribution in [3.8, 4) is 0 Å². The molecule has 5 nitrogen and oxygen atoms in total. The van der Waals surface area contributed by atoms with Crippen LogP contribution in [-0.2, 0) is 0 Å². The molecule has 1 aromatic heterocycles. The van der Waals surface area contributed by atoms with E-state index in [1.807, 2.05) is 24.3 Å². The Hall–Kier alpha value is -2.30. The van der Waals surface area contributed by atoms with Gasteiger partial charge < -0.3 is 14.7 Å². The summed E-state index contributed by atoms with van der Waals surface area (Å²) in [7, 11) is 0. The fourth-order valence-corrected chi connectivity index (χ4v) is 2.57. The van der Waals surface area contributed by atoms with Gasteiger partial charge in [-0.3, -0.25) is 4.79 Å². The van der Waals surface area contributed by atoms with E-state index in [-0.39, 0.29) is 11.7 Å². The summed E-state index contributed by atoms with van der Waals surface area (Å²) in [6, 6.07) is 9.56. The summed E-state index contributed by atoms with van der Waals surface area (Å²) in [6.07, 6.45) is 3.83. The average molecular weight is 285 g/mol.